The van der Waals surface area contributed by atoms with E-state index in [9.17, 15) is 0 Å². The minimum absolute atomic E-state index is 0.104. The third kappa shape index (κ3) is 3.64. The summed E-state index contributed by atoms with van der Waals surface area (Å²) in [5.41, 5.74) is 0. The summed E-state index contributed by atoms with van der Waals surface area (Å²) in [7, 11) is 0. The lowest BCUT2D eigenvalue weighted by Crippen LogP contribution is -1.89. The van der Waals surface area contributed by atoms with Crippen molar-refractivity contribution in [2.75, 3.05) is 0 Å². The highest BCUT2D eigenvalue weighted by Crippen LogP contribution is 2.16. The van der Waals surface area contributed by atoms with E-state index in [1.807, 2.05) is 0 Å². The molecular formula is C6Cl4N8. The molecule has 0 aromatic carbocycles. The quantitative estimate of drug-likeness (QED) is 0.786. The summed E-state index contributed by atoms with van der Waals surface area (Å²) in [6.45, 7) is 0. The molecule has 2 heterocycles. The first kappa shape index (κ1) is 13.2. The zero-order chi connectivity index (χ0) is 13.1. The summed E-state index contributed by atoms with van der Waals surface area (Å²) in [6, 6.07) is 0. The molecule has 0 bridgehead atoms. The fourth-order valence-corrected chi connectivity index (χ4v) is 1.52. The van der Waals surface area contributed by atoms with Crippen LogP contribution in [0.3, 0.4) is 0 Å². The fraction of sp³-hybridized carbons (Fsp3) is 0. The fourth-order valence-electron chi connectivity index (χ4n) is 0.811. The number of rotatable bonds is 2. The van der Waals surface area contributed by atoms with E-state index in [4.69, 9.17) is 46.4 Å². The number of hydrogen-bond donors (Lipinski definition) is 0. The molecular weight excluding hydrogens is 326 g/mol. The molecule has 0 amide bonds. The van der Waals surface area contributed by atoms with Gasteiger partial charge in [-0.2, -0.15) is 29.9 Å². The summed E-state index contributed by atoms with van der Waals surface area (Å²) in [6.07, 6.45) is 0. The van der Waals surface area contributed by atoms with E-state index in [-0.39, 0.29) is 33.0 Å². The summed E-state index contributed by atoms with van der Waals surface area (Å²) in [5.74, 6) is -0.208. The lowest BCUT2D eigenvalue weighted by Gasteiger charge is -1.94. The maximum absolute atomic E-state index is 5.55. The second-order valence-corrected chi connectivity index (χ2v) is 3.90. The van der Waals surface area contributed by atoms with E-state index in [0.717, 1.165) is 0 Å². The second-order valence-electron chi connectivity index (χ2n) is 2.55. The van der Waals surface area contributed by atoms with Crippen molar-refractivity contribution in [3.05, 3.63) is 21.1 Å². The smallest absolute Gasteiger partial charge is 0.187 e. The Hall–Kier alpha value is -1.22. The van der Waals surface area contributed by atoms with Gasteiger partial charge in [0.25, 0.3) is 11.9 Å². The van der Waals surface area contributed by atoms with Gasteiger partial charge in [-0.3, -0.25) is 0 Å². The van der Waals surface area contributed by atoms with Gasteiger partial charge in [0.05, 0.1) is 0 Å². The monoisotopic (exact) mass is 324 g/mol. The number of hydrogen-bond acceptors (Lipinski definition) is 8. The molecule has 0 N–H and O–H groups in total. The van der Waals surface area contributed by atoms with Gasteiger partial charge in [-0.15, -0.1) is 10.2 Å². The zero-order valence-electron chi connectivity index (χ0n) is 8.09. The van der Waals surface area contributed by atoms with Gasteiger partial charge in [0.1, 0.15) is 0 Å². The van der Waals surface area contributed by atoms with Crippen molar-refractivity contribution in [3.63, 3.8) is 0 Å². The Labute approximate surface area is 119 Å². The van der Waals surface area contributed by atoms with Crippen LogP contribution in [0.15, 0.2) is 10.2 Å². The Morgan fingerprint density at radius 1 is 0.500 bits per heavy atom. The van der Waals surface area contributed by atoms with E-state index in [1.165, 1.54) is 0 Å². The number of halogens is 4. The van der Waals surface area contributed by atoms with Crippen LogP contribution >= 0.6 is 46.4 Å². The van der Waals surface area contributed by atoms with Crippen molar-refractivity contribution in [1.82, 2.24) is 29.9 Å². The van der Waals surface area contributed by atoms with Crippen molar-refractivity contribution >= 4 is 58.3 Å². The van der Waals surface area contributed by atoms with Crippen LogP contribution in [-0.4, -0.2) is 29.9 Å². The standard InChI is InChI=1S/C6Cl4N8/c7-1-11-2(8)14-5(13-1)17-18-6-15-3(9)12-4(10)16-6/b18-17+. The molecule has 0 unspecified atom stereocenters. The third-order valence-electron chi connectivity index (χ3n) is 1.37. The molecule has 18 heavy (non-hydrogen) atoms. The van der Waals surface area contributed by atoms with Crippen LogP contribution in [0.1, 0.15) is 0 Å². The molecule has 0 aliphatic carbocycles. The van der Waals surface area contributed by atoms with Crippen LogP contribution in [0.5, 0.6) is 0 Å². The molecule has 0 aliphatic rings. The summed E-state index contributed by atoms with van der Waals surface area (Å²) in [5, 5.41) is 6.75. The predicted molar refractivity (Wildman–Crippen MR) is 63.9 cm³/mol. The van der Waals surface area contributed by atoms with E-state index >= 15 is 0 Å². The summed E-state index contributed by atoms with van der Waals surface area (Å²) < 4.78 is 0. The molecule has 0 radical (unpaired) electrons. The highest BCUT2D eigenvalue weighted by molar-refractivity contribution is 6.31. The molecule has 0 saturated heterocycles. The van der Waals surface area contributed by atoms with Crippen molar-refractivity contribution in [2.45, 2.75) is 0 Å². The van der Waals surface area contributed by atoms with Gasteiger partial charge in [-0.25, -0.2) is 0 Å². The van der Waals surface area contributed by atoms with Gasteiger partial charge in [0.2, 0.25) is 21.1 Å². The van der Waals surface area contributed by atoms with Gasteiger partial charge >= 0.3 is 0 Å². The number of nitrogens with zero attached hydrogens (tertiary/aromatic N) is 8. The normalized spacial score (nSPS) is 11.1. The zero-order valence-corrected chi connectivity index (χ0v) is 11.1. The number of aromatic nitrogens is 6. The van der Waals surface area contributed by atoms with Gasteiger partial charge in [-0.05, 0) is 46.4 Å². The van der Waals surface area contributed by atoms with Crippen LogP contribution in [0.25, 0.3) is 0 Å². The SMILES string of the molecule is Clc1nc(Cl)nc(/N=N/c2nc(Cl)nc(Cl)n2)n1. The highest BCUT2D eigenvalue weighted by Gasteiger charge is 2.04. The number of azo groups is 1. The molecule has 0 aliphatic heterocycles. The predicted octanol–water partition coefficient (Wildman–Crippen LogP) is 3.09. The maximum atomic E-state index is 5.55. The Kier molecular flexibility index (Phi) is 4.12. The molecule has 2 aromatic rings. The molecule has 12 heteroatoms. The average Bonchev–Trinajstić information content (AvgIpc) is 2.23. The largest absolute Gasteiger partial charge is 0.274 e. The van der Waals surface area contributed by atoms with E-state index in [1.54, 1.807) is 0 Å². The van der Waals surface area contributed by atoms with Crippen LogP contribution in [0.4, 0.5) is 11.9 Å². The molecule has 0 atom stereocenters. The Morgan fingerprint density at radius 3 is 1.06 bits per heavy atom. The Bertz CT molecular complexity index is 523. The topological polar surface area (TPSA) is 102 Å². The van der Waals surface area contributed by atoms with Crippen molar-refractivity contribution in [3.8, 4) is 0 Å². The molecule has 0 fully saturated rings. The van der Waals surface area contributed by atoms with E-state index in [2.05, 4.69) is 40.1 Å². The van der Waals surface area contributed by atoms with Gasteiger partial charge < -0.3 is 0 Å². The van der Waals surface area contributed by atoms with Crippen LogP contribution < -0.4 is 0 Å². The Balaban J connectivity index is 2.29. The molecule has 0 saturated carbocycles. The minimum Gasteiger partial charge on any atom is -0.187 e. The van der Waals surface area contributed by atoms with Crippen molar-refractivity contribution in [1.29, 1.82) is 0 Å². The molecule has 2 aromatic heterocycles. The lowest BCUT2D eigenvalue weighted by molar-refractivity contribution is 0.960. The van der Waals surface area contributed by atoms with Gasteiger partial charge in [0, 0.05) is 0 Å². The van der Waals surface area contributed by atoms with E-state index < -0.39 is 0 Å². The van der Waals surface area contributed by atoms with E-state index in [0.29, 0.717) is 0 Å². The van der Waals surface area contributed by atoms with Crippen molar-refractivity contribution < 1.29 is 0 Å². The summed E-state index contributed by atoms with van der Waals surface area (Å²) >= 11 is 22.2. The average molecular weight is 326 g/mol. The van der Waals surface area contributed by atoms with Gasteiger partial charge in [0.15, 0.2) is 0 Å². The Morgan fingerprint density at radius 2 is 0.778 bits per heavy atom. The van der Waals surface area contributed by atoms with Crippen molar-refractivity contribution in [2.24, 2.45) is 10.2 Å². The minimum atomic E-state index is -0.115. The molecule has 0 spiro atoms. The maximum Gasteiger partial charge on any atom is 0.274 e. The first-order valence-corrected chi connectivity index (χ1v) is 5.60. The second kappa shape index (κ2) is 5.61. The van der Waals surface area contributed by atoms with Crippen LogP contribution in [-0.2, 0) is 0 Å². The van der Waals surface area contributed by atoms with Gasteiger partial charge in [-0.1, -0.05) is 0 Å². The third-order valence-corrected chi connectivity index (χ3v) is 2.04. The molecule has 2 rings (SSSR count). The van der Waals surface area contributed by atoms with Crippen LogP contribution in [0.2, 0.25) is 21.1 Å². The molecule has 92 valence electrons. The first-order chi connectivity index (χ1) is 8.52. The highest BCUT2D eigenvalue weighted by atomic mass is 35.5. The summed E-state index contributed by atoms with van der Waals surface area (Å²) in [4.78, 5) is 21.7. The van der Waals surface area contributed by atoms with Crippen LogP contribution in [0, 0.1) is 0 Å². The lowest BCUT2D eigenvalue weighted by atomic mass is 10.9. The first-order valence-electron chi connectivity index (χ1n) is 4.09. The molecule has 8 nitrogen and oxygen atoms in total.